The predicted octanol–water partition coefficient (Wildman–Crippen LogP) is 2.57. The van der Waals surface area contributed by atoms with Crippen LogP contribution in [0.2, 0.25) is 0 Å². The van der Waals surface area contributed by atoms with Crippen LogP contribution in [0.4, 0.5) is 0 Å². The van der Waals surface area contributed by atoms with Crippen molar-refractivity contribution in [3.8, 4) is 11.3 Å². The first-order chi connectivity index (χ1) is 9.46. The first kappa shape index (κ1) is 14.6. The molecule has 2 N–H and O–H groups in total. The van der Waals surface area contributed by atoms with Gasteiger partial charge in [-0.25, -0.2) is 4.98 Å². The SMILES string of the molecule is CC(C)(C)NC[C@@H](O)c1cccc(-c2cccnc2)n1. The van der Waals surface area contributed by atoms with Gasteiger partial charge in [0, 0.05) is 30.0 Å². The van der Waals surface area contributed by atoms with Crippen LogP contribution in [0.5, 0.6) is 0 Å². The van der Waals surface area contributed by atoms with Gasteiger partial charge in [0.2, 0.25) is 0 Å². The lowest BCUT2D eigenvalue weighted by Gasteiger charge is -2.22. The van der Waals surface area contributed by atoms with Crippen LogP contribution in [-0.2, 0) is 0 Å². The van der Waals surface area contributed by atoms with E-state index < -0.39 is 6.10 Å². The molecule has 0 aromatic carbocycles. The average molecular weight is 271 g/mol. The van der Waals surface area contributed by atoms with Gasteiger partial charge in [-0.05, 0) is 45.0 Å². The van der Waals surface area contributed by atoms with Crippen molar-refractivity contribution >= 4 is 0 Å². The van der Waals surface area contributed by atoms with Crippen molar-refractivity contribution in [1.82, 2.24) is 15.3 Å². The van der Waals surface area contributed by atoms with E-state index in [4.69, 9.17) is 0 Å². The smallest absolute Gasteiger partial charge is 0.108 e. The van der Waals surface area contributed by atoms with Gasteiger partial charge in [-0.1, -0.05) is 6.07 Å². The van der Waals surface area contributed by atoms with Gasteiger partial charge in [0.25, 0.3) is 0 Å². The summed E-state index contributed by atoms with van der Waals surface area (Å²) >= 11 is 0. The van der Waals surface area contributed by atoms with Crippen molar-refractivity contribution in [3.63, 3.8) is 0 Å². The first-order valence-corrected chi connectivity index (χ1v) is 6.76. The molecule has 0 aliphatic rings. The third kappa shape index (κ3) is 4.11. The Hall–Kier alpha value is -1.78. The molecule has 0 amide bonds. The maximum Gasteiger partial charge on any atom is 0.108 e. The number of rotatable bonds is 4. The number of nitrogens with one attached hydrogen (secondary N) is 1. The second-order valence-corrected chi connectivity index (χ2v) is 5.84. The second-order valence-electron chi connectivity index (χ2n) is 5.84. The normalized spacial score (nSPS) is 13.2. The zero-order valence-electron chi connectivity index (χ0n) is 12.2. The summed E-state index contributed by atoms with van der Waals surface area (Å²) in [6.07, 6.45) is 2.88. The van der Waals surface area contributed by atoms with Crippen molar-refractivity contribution in [1.29, 1.82) is 0 Å². The Kier molecular flexibility index (Phi) is 4.47. The lowest BCUT2D eigenvalue weighted by atomic mass is 10.1. The third-order valence-corrected chi connectivity index (χ3v) is 2.90. The molecule has 2 aromatic heterocycles. The van der Waals surface area contributed by atoms with E-state index in [0.717, 1.165) is 11.3 Å². The summed E-state index contributed by atoms with van der Waals surface area (Å²) < 4.78 is 0. The van der Waals surface area contributed by atoms with Crippen LogP contribution in [0.15, 0.2) is 42.7 Å². The number of aliphatic hydroxyl groups is 1. The third-order valence-electron chi connectivity index (χ3n) is 2.90. The highest BCUT2D eigenvalue weighted by molar-refractivity contribution is 5.57. The predicted molar refractivity (Wildman–Crippen MR) is 80.2 cm³/mol. The molecule has 0 bridgehead atoms. The second kappa shape index (κ2) is 6.11. The Morgan fingerprint density at radius 2 is 2.00 bits per heavy atom. The molecule has 0 fully saturated rings. The number of β-amino-alcohol motifs (C(OH)–C–C–N with tert-alkyl or cyclic N) is 1. The number of pyridine rings is 2. The van der Waals surface area contributed by atoms with Gasteiger partial charge in [0.05, 0.1) is 11.4 Å². The van der Waals surface area contributed by atoms with E-state index in [9.17, 15) is 5.11 Å². The van der Waals surface area contributed by atoms with Gasteiger partial charge in [-0.2, -0.15) is 0 Å². The number of aliphatic hydroxyl groups excluding tert-OH is 1. The molecule has 4 heteroatoms. The lowest BCUT2D eigenvalue weighted by molar-refractivity contribution is 0.159. The Morgan fingerprint density at radius 1 is 1.20 bits per heavy atom. The van der Waals surface area contributed by atoms with E-state index in [1.165, 1.54) is 0 Å². The topological polar surface area (TPSA) is 58.0 Å². The maximum atomic E-state index is 10.2. The standard InChI is InChI=1S/C16H21N3O/c1-16(2,3)18-11-15(20)14-8-4-7-13(19-14)12-6-5-9-17-10-12/h4-10,15,18,20H,11H2,1-3H3/t15-/m1/s1. The quantitative estimate of drug-likeness (QED) is 0.897. The van der Waals surface area contributed by atoms with E-state index in [1.54, 1.807) is 12.4 Å². The van der Waals surface area contributed by atoms with Crippen molar-refractivity contribution in [2.75, 3.05) is 6.54 Å². The van der Waals surface area contributed by atoms with Crippen LogP contribution in [-0.4, -0.2) is 27.2 Å². The summed E-state index contributed by atoms with van der Waals surface area (Å²) in [6.45, 7) is 6.69. The maximum absolute atomic E-state index is 10.2. The van der Waals surface area contributed by atoms with E-state index in [0.29, 0.717) is 12.2 Å². The largest absolute Gasteiger partial charge is 0.385 e. The van der Waals surface area contributed by atoms with Crippen LogP contribution < -0.4 is 5.32 Å². The highest BCUT2D eigenvalue weighted by Gasteiger charge is 2.15. The minimum Gasteiger partial charge on any atom is -0.385 e. The summed E-state index contributed by atoms with van der Waals surface area (Å²) in [4.78, 5) is 8.60. The number of hydrogen-bond acceptors (Lipinski definition) is 4. The van der Waals surface area contributed by atoms with Gasteiger partial charge in [-0.15, -0.1) is 0 Å². The summed E-state index contributed by atoms with van der Waals surface area (Å²) in [5, 5.41) is 13.5. The van der Waals surface area contributed by atoms with Gasteiger partial charge < -0.3 is 10.4 Å². The van der Waals surface area contributed by atoms with E-state index in [-0.39, 0.29) is 5.54 Å². The van der Waals surface area contributed by atoms with Crippen molar-refractivity contribution in [2.45, 2.75) is 32.4 Å². The molecule has 0 aliphatic heterocycles. The summed E-state index contributed by atoms with van der Waals surface area (Å²) in [5.74, 6) is 0. The van der Waals surface area contributed by atoms with E-state index in [1.807, 2.05) is 30.3 Å². The van der Waals surface area contributed by atoms with Crippen LogP contribution in [0.25, 0.3) is 11.3 Å². The highest BCUT2D eigenvalue weighted by atomic mass is 16.3. The molecule has 0 radical (unpaired) electrons. The number of hydrogen-bond donors (Lipinski definition) is 2. The monoisotopic (exact) mass is 271 g/mol. The number of nitrogens with zero attached hydrogens (tertiary/aromatic N) is 2. The molecule has 2 rings (SSSR count). The minimum atomic E-state index is -0.620. The van der Waals surface area contributed by atoms with Crippen LogP contribution in [0.3, 0.4) is 0 Å². The van der Waals surface area contributed by atoms with Crippen molar-refractivity contribution in [2.24, 2.45) is 0 Å². The van der Waals surface area contributed by atoms with E-state index in [2.05, 4.69) is 36.1 Å². The van der Waals surface area contributed by atoms with Crippen molar-refractivity contribution < 1.29 is 5.11 Å². The zero-order valence-corrected chi connectivity index (χ0v) is 12.2. The Morgan fingerprint density at radius 3 is 2.65 bits per heavy atom. The fourth-order valence-corrected chi connectivity index (χ4v) is 1.82. The van der Waals surface area contributed by atoms with Gasteiger partial charge in [-0.3, -0.25) is 4.98 Å². The fourth-order valence-electron chi connectivity index (χ4n) is 1.82. The molecule has 2 aromatic rings. The average Bonchev–Trinajstić information content (AvgIpc) is 2.45. The molecular formula is C16H21N3O. The molecular weight excluding hydrogens is 250 g/mol. The molecule has 0 spiro atoms. The fraction of sp³-hybridized carbons (Fsp3) is 0.375. The van der Waals surface area contributed by atoms with E-state index >= 15 is 0 Å². The molecule has 20 heavy (non-hydrogen) atoms. The van der Waals surface area contributed by atoms with Crippen LogP contribution in [0, 0.1) is 0 Å². The minimum absolute atomic E-state index is 0.0259. The molecule has 1 atom stereocenters. The molecule has 0 saturated carbocycles. The molecule has 0 aliphatic carbocycles. The van der Waals surface area contributed by atoms with Crippen LogP contribution in [0.1, 0.15) is 32.6 Å². The summed E-state index contributed by atoms with van der Waals surface area (Å²) in [6, 6.07) is 9.50. The van der Waals surface area contributed by atoms with Gasteiger partial charge >= 0.3 is 0 Å². The summed E-state index contributed by atoms with van der Waals surface area (Å²) in [5.41, 5.74) is 2.42. The Balaban J connectivity index is 2.14. The highest BCUT2D eigenvalue weighted by Crippen LogP contribution is 2.18. The molecule has 0 saturated heterocycles. The first-order valence-electron chi connectivity index (χ1n) is 6.76. The van der Waals surface area contributed by atoms with Crippen LogP contribution >= 0.6 is 0 Å². The molecule has 0 unspecified atom stereocenters. The molecule has 2 heterocycles. The zero-order chi connectivity index (χ0) is 14.6. The molecule has 4 nitrogen and oxygen atoms in total. The Bertz CT molecular complexity index is 549. The van der Waals surface area contributed by atoms with Gasteiger partial charge in [0.15, 0.2) is 0 Å². The summed E-state index contributed by atoms with van der Waals surface area (Å²) in [7, 11) is 0. The Labute approximate surface area is 119 Å². The van der Waals surface area contributed by atoms with Gasteiger partial charge in [0.1, 0.15) is 6.10 Å². The molecule has 106 valence electrons. The number of aromatic nitrogens is 2. The van der Waals surface area contributed by atoms with Crippen molar-refractivity contribution in [3.05, 3.63) is 48.4 Å². The lowest BCUT2D eigenvalue weighted by Crippen LogP contribution is -2.38.